The highest BCUT2D eigenvalue weighted by Crippen LogP contribution is 2.45. The number of hydrogen-bond acceptors (Lipinski definition) is 1. The first-order valence-electron chi connectivity index (χ1n) is 3.47. The third-order valence-electron chi connectivity index (χ3n) is 2.25. The maximum Gasteiger partial charge on any atom is 0.0162 e. The highest BCUT2D eigenvalue weighted by Gasteiger charge is 2.33. The van der Waals surface area contributed by atoms with Crippen LogP contribution in [0.25, 0.3) is 0 Å². The molecule has 0 unspecified atom stereocenters. The predicted molar refractivity (Wildman–Crippen MR) is 40.4 cm³/mol. The van der Waals surface area contributed by atoms with E-state index in [9.17, 15) is 0 Å². The van der Waals surface area contributed by atoms with Gasteiger partial charge >= 0.3 is 0 Å². The first kappa shape index (κ1) is 6.47. The zero-order valence-corrected chi connectivity index (χ0v) is 6.55. The van der Waals surface area contributed by atoms with Crippen LogP contribution in [-0.4, -0.2) is 10.5 Å². The van der Waals surface area contributed by atoms with Gasteiger partial charge in [-0.2, -0.15) is 11.8 Å². The number of hydrogen-bond donors (Lipinski definition) is 0. The average molecular weight is 130 g/mol. The molecule has 0 saturated carbocycles. The van der Waals surface area contributed by atoms with Gasteiger partial charge in [0.2, 0.25) is 0 Å². The summed E-state index contributed by atoms with van der Waals surface area (Å²) in [6.45, 7) is 4.60. The van der Waals surface area contributed by atoms with Crippen LogP contribution in [0.15, 0.2) is 0 Å². The van der Waals surface area contributed by atoms with Gasteiger partial charge in [-0.25, -0.2) is 0 Å². The summed E-state index contributed by atoms with van der Waals surface area (Å²) in [6.07, 6.45) is 4.20. The van der Waals surface area contributed by atoms with E-state index in [1.54, 1.807) is 0 Å². The lowest BCUT2D eigenvalue weighted by Gasteiger charge is -2.39. The monoisotopic (exact) mass is 130 g/mol. The Morgan fingerprint density at radius 2 is 1.88 bits per heavy atom. The fourth-order valence-electron chi connectivity index (χ4n) is 1.20. The third-order valence-corrected chi connectivity index (χ3v) is 4.06. The molecule has 0 aromatic heterocycles. The number of rotatable bonds is 2. The standard InChI is InChI=1S/C7H14S/c1-3-7(4-2)5-6-8-7/h3-6H2,1-2H3. The second-order valence-electron chi connectivity index (χ2n) is 2.49. The van der Waals surface area contributed by atoms with Gasteiger partial charge in [-0.05, 0) is 25.0 Å². The Kier molecular flexibility index (Phi) is 1.86. The van der Waals surface area contributed by atoms with Crippen molar-refractivity contribution in [3.63, 3.8) is 0 Å². The van der Waals surface area contributed by atoms with Crippen LogP contribution in [0.3, 0.4) is 0 Å². The van der Waals surface area contributed by atoms with Gasteiger partial charge in [0, 0.05) is 4.75 Å². The molecule has 0 amide bonds. The lowest BCUT2D eigenvalue weighted by atomic mass is 9.98. The van der Waals surface area contributed by atoms with Crippen LogP contribution in [-0.2, 0) is 0 Å². The molecule has 1 heterocycles. The van der Waals surface area contributed by atoms with Crippen LogP contribution in [0.1, 0.15) is 33.1 Å². The second kappa shape index (κ2) is 2.30. The summed E-state index contributed by atoms with van der Waals surface area (Å²) in [7, 11) is 0. The SMILES string of the molecule is CCC1(CC)CCS1. The van der Waals surface area contributed by atoms with Gasteiger partial charge in [0.25, 0.3) is 0 Å². The van der Waals surface area contributed by atoms with E-state index in [2.05, 4.69) is 25.6 Å². The van der Waals surface area contributed by atoms with Crippen molar-refractivity contribution in [1.82, 2.24) is 0 Å². The summed E-state index contributed by atoms with van der Waals surface area (Å²) in [6, 6.07) is 0. The molecule has 1 fully saturated rings. The molecule has 0 aromatic carbocycles. The molecule has 0 nitrogen and oxygen atoms in total. The van der Waals surface area contributed by atoms with Gasteiger partial charge in [-0.1, -0.05) is 13.8 Å². The summed E-state index contributed by atoms with van der Waals surface area (Å²) in [5.41, 5.74) is 0. The van der Waals surface area contributed by atoms with Crippen molar-refractivity contribution in [2.24, 2.45) is 0 Å². The van der Waals surface area contributed by atoms with Gasteiger partial charge in [-0.15, -0.1) is 0 Å². The first-order chi connectivity index (χ1) is 3.83. The van der Waals surface area contributed by atoms with Crippen LogP contribution in [0.2, 0.25) is 0 Å². The summed E-state index contributed by atoms with van der Waals surface area (Å²) in [5, 5.41) is 0. The van der Waals surface area contributed by atoms with Crippen LogP contribution < -0.4 is 0 Å². The fourth-order valence-corrected chi connectivity index (χ4v) is 2.39. The Morgan fingerprint density at radius 3 is 1.88 bits per heavy atom. The van der Waals surface area contributed by atoms with Crippen LogP contribution in [0.4, 0.5) is 0 Å². The molecule has 1 saturated heterocycles. The summed E-state index contributed by atoms with van der Waals surface area (Å²) >= 11 is 2.15. The van der Waals surface area contributed by atoms with Crippen molar-refractivity contribution in [2.45, 2.75) is 37.9 Å². The lowest BCUT2D eigenvalue weighted by molar-refractivity contribution is 0.504. The second-order valence-corrected chi connectivity index (χ2v) is 4.05. The van der Waals surface area contributed by atoms with Crippen molar-refractivity contribution in [1.29, 1.82) is 0 Å². The van der Waals surface area contributed by atoms with Crippen LogP contribution in [0, 0.1) is 0 Å². The predicted octanol–water partition coefficient (Wildman–Crippen LogP) is 2.68. The van der Waals surface area contributed by atoms with Crippen LogP contribution in [0.5, 0.6) is 0 Å². The zero-order chi connectivity index (χ0) is 6.04. The third kappa shape index (κ3) is 0.883. The van der Waals surface area contributed by atoms with E-state index in [4.69, 9.17) is 0 Å². The lowest BCUT2D eigenvalue weighted by Crippen LogP contribution is -2.32. The average Bonchev–Trinajstić information content (AvgIpc) is 1.67. The fraction of sp³-hybridized carbons (Fsp3) is 1.00. The minimum absolute atomic E-state index is 0.722. The molecule has 1 rings (SSSR count). The Labute approximate surface area is 56.0 Å². The molecule has 8 heavy (non-hydrogen) atoms. The quantitative estimate of drug-likeness (QED) is 0.554. The van der Waals surface area contributed by atoms with Crippen molar-refractivity contribution in [3.05, 3.63) is 0 Å². The molecule has 0 bridgehead atoms. The van der Waals surface area contributed by atoms with Crippen molar-refractivity contribution in [3.8, 4) is 0 Å². The maximum absolute atomic E-state index is 2.30. The van der Waals surface area contributed by atoms with Crippen LogP contribution >= 0.6 is 11.8 Å². The molecule has 0 spiro atoms. The normalized spacial score (nSPS) is 24.8. The molecule has 1 aliphatic rings. The number of thioether (sulfide) groups is 1. The minimum atomic E-state index is 0.722. The first-order valence-corrected chi connectivity index (χ1v) is 4.45. The van der Waals surface area contributed by atoms with Crippen molar-refractivity contribution >= 4 is 11.8 Å². The van der Waals surface area contributed by atoms with E-state index in [1.165, 1.54) is 25.0 Å². The zero-order valence-electron chi connectivity index (χ0n) is 5.74. The van der Waals surface area contributed by atoms with E-state index in [0.29, 0.717) is 0 Å². The van der Waals surface area contributed by atoms with Crippen molar-refractivity contribution < 1.29 is 0 Å². The smallest absolute Gasteiger partial charge is 0.0162 e. The van der Waals surface area contributed by atoms with E-state index >= 15 is 0 Å². The summed E-state index contributed by atoms with van der Waals surface area (Å²) < 4.78 is 0.722. The van der Waals surface area contributed by atoms with Crippen molar-refractivity contribution in [2.75, 3.05) is 5.75 Å². The van der Waals surface area contributed by atoms with Gasteiger partial charge in [0.1, 0.15) is 0 Å². The summed E-state index contributed by atoms with van der Waals surface area (Å²) in [5.74, 6) is 1.40. The Balaban J connectivity index is 2.33. The van der Waals surface area contributed by atoms with E-state index in [0.717, 1.165) is 4.75 Å². The highest BCUT2D eigenvalue weighted by atomic mass is 32.2. The molecule has 48 valence electrons. The molecule has 1 heteroatoms. The van der Waals surface area contributed by atoms with Gasteiger partial charge in [0.15, 0.2) is 0 Å². The molecule has 0 aliphatic carbocycles. The molecule has 0 atom stereocenters. The minimum Gasteiger partial charge on any atom is -0.155 e. The maximum atomic E-state index is 2.30. The molecule has 0 radical (unpaired) electrons. The highest BCUT2D eigenvalue weighted by molar-refractivity contribution is 8.02. The molecular formula is C7H14S. The van der Waals surface area contributed by atoms with E-state index < -0.39 is 0 Å². The molecule has 0 aromatic rings. The largest absolute Gasteiger partial charge is 0.155 e. The molecular weight excluding hydrogens is 116 g/mol. The van der Waals surface area contributed by atoms with Gasteiger partial charge < -0.3 is 0 Å². The summed E-state index contributed by atoms with van der Waals surface area (Å²) in [4.78, 5) is 0. The van der Waals surface area contributed by atoms with E-state index in [-0.39, 0.29) is 0 Å². The molecule has 1 aliphatic heterocycles. The van der Waals surface area contributed by atoms with Gasteiger partial charge in [-0.3, -0.25) is 0 Å². The Hall–Kier alpha value is 0.350. The van der Waals surface area contributed by atoms with Gasteiger partial charge in [0.05, 0.1) is 0 Å². The Morgan fingerprint density at radius 1 is 1.38 bits per heavy atom. The Bertz CT molecular complexity index is 60.9. The topological polar surface area (TPSA) is 0 Å². The molecule has 0 N–H and O–H groups in total. The van der Waals surface area contributed by atoms with E-state index in [1.807, 2.05) is 0 Å².